The van der Waals surface area contributed by atoms with Crippen LogP contribution in [0.1, 0.15) is 41.6 Å². The predicted octanol–water partition coefficient (Wildman–Crippen LogP) is 4.28. The third-order valence-electron chi connectivity index (χ3n) is 4.64. The Morgan fingerprint density at radius 1 is 1.00 bits per heavy atom. The van der Waals surface area contributed by atoms with E-state index in [9.17, 15) is 9.59 Å². The van der Waals surface area contributed by atoms with Gasteiger partial charge in [0.15, 0.2) is 0 Å². The van der Waals surface area contributed by atoms with E-state index >= 15 is 0 Å². The number of hydrogen-bond donors (Lipinski definition) is 2. The van der Waals surface area contributed by atoms with Crippen molar-refractivity contribution in [2.75, 3.05) is 5.32 Å². The number of carbonyl (C=O) groups excluding carboxylic acids is 2. The van der Waals surface area contributed by atoms with E-state index in [1.165, 1.54) is 0 Å². The zero-order chi connectivity index (χ0) is 18.4. The molecule has 0 aliphatic heterocycles. The molecule has 0 radical (unpaired) electrons. The van der Waals surface area contributed by atoms with E-state index in [-0.39, 0.29) is 18.1 Å². The number of rotatable bonds is 4. The molecule has 0 bridgehead atoms. The van der Waals surface area contributed by atoms with E-state index in [2.05, 4.69) is 10.6 Å². The van der Waals surface area contributed by atoms with Crippen LogP contribution in [0.4, 0.5) is 10.5 Å². The summed E-state index contributed by atoms with van der Waals surface area (Å²) in [4.78, 5) is 24.5. The summed E-state index contributed by atoms with van der Waals surface area (Å²) in [6.07, 6.45) is 2.64. The first-order chi connectivity index (χ1) is 12.6. The minimum atomic E-state index is -0.452. The largest absolute Gasteiger partial charge is 0.446 e. The van der Waals surface area contributed by atoms with Crippen LogP contribution in [0.25, 0.3) is 0 Å². The molecule has 1 fully saturated rings. The first kappa shape index (κ1) is 18.0. The summed E-state index contributed by atoms with van der Waals surface area (Å²) in [6.45, 7) is 1.93. The lowest BCUT2D eigenvalue weighted by Gasteiger charge is -2.29. The Hall–Kier alpha value is -2.82. The van der Waals surface area contributed by atoms with E-state index < -0.39 is 6.09 Å². The normalized spacial score (nSPS) is 19.4. The van der Waals surface area contributed by atoms with Crippen LogP contribution in [0.5, 0.6) is 0 Å². The highest BCUT2D eigenvalue weighted by atomic mass is 16.6. The summed E-state index contributed by atoms with van der Waals surface area (Å²) in [5.41, 5.74) is 2.35. The molecule has 2 atom stereocenters. The number of para-hydroxylation sites is 1. The second kappa shape index (κ2) is 8.52. The van der Waals surface area contributed by atoms with Gasteiger partial charge in [0.25, 0.3) is 5.91 Å². The van der Waals surface area contributed by atoms with Crippen molar-refractivity contribution >= 4 is 17.7 Å². The molecule has 136 valence electrons. The molecule has 3 rings (SSSR count). The highest BCUT2D eigenvalue weighted by Crippen LogP contribution is 2.22. The molecule has 2 aromatic carbocycles. The highest BCUT2D eigenvalue weighted by Gasteiger charge is 2.26. The number of benzene rings is 2. The number of nitrogens with one attached hydrogen (secondary N) is 2. The molecule has 1 aliphatic rings. The van der Waals surface area contributed by atoms with Gasteiger partial charge in [-0.05, 0) is 49.9 Å². The highest BCUT2D eigenvalue weighted by molar-refractivity contribution is 5.95. The van der Waals surface area contributed by atoms with Crippen LogP contribution in [0, 0.1) is 6.92 Å². The maximum atomic E-state index is 12.5. The second-order valence-corrected chi connectivity index (χ2v) is 6.67. The van der Waals surface area contributed by atoms with E-state index in [0.717, 1.165) is 24.8 Å². The molecule has 2 N–H and O–H groups in total. The van der Waals surface area contributed by atoms with Gasteiger partial charge in [0, 0.05) is 23.7 Å². The van der Waals surface area contributed by atoms with Gasteiger partial charge in [-0.15, -0.1) is 0 Å². The first-order valence-corrected chi connectivity index (χ1v) is 9.01. The third kappa shape index (κ3) is 4.85. The molecule has 2 aromatic rings. The smallest absolute Gasteiger partial charge is 0.411 e. The summed E-state index contributed by atoms with van der Waals surface area (Å²) >= 11 is 0. The van der Waals surface area contributed by atoms with Crippen molar-refractivity contribution in [1.29, 1.82) is 0 Å². The SMILES string of the molecule is Cc1ccccc1C(=O)N[C@H]1CCC[C@H](OC(=O)Nc2ccccc2)C1. The van der Waals surface area contributed by atoms with Gasteiger partial charge in [0.2, 0.25) is 0 Å². The zero-order valence-electron chi connectivity index (χ0n) is 14.9. The van der Waals surface area contributed by atoms with Gasteiger partial charge in [-0.2, -0.15) is 0 Å². The summed E-state index contributed by atoms with van der Waals surface area (Å²) in [7, 11) is 0. The van der Waals surface area contributed by atoms with Crippen LogP contribution >= 0.6 is 0 Å². The maximum absolute atomic E-state index is 12.5. The van der Waals surface area contributed by atoms with Crippen molar-refractivity contribution < 1.29 is 14.3 Å². The van der Waals surface area contributed by atoms with Gasteiger partial charge in [0.05, 0.1) is 0 Å². The fourth-order valence-electron chi connectivity index (χ4n) is 3.29. The lowest BCUT2D eigenvalue weighted by molar-refractivity contribution is 0.0712. The first-order valence-electron chi connectivity index (χ1n) is 9.01. The molecule has 0 spiro atoms. The molecule has 0 saturated heterocycles. The van der Waals surface area contributed by atoms with Crippen molar-refractivity contribution in [3.8, 4) is 0 Å². The molecule has 26 heavy (non-hydrogen) atoms. The molecule has 5 nitrogen and oxygen atoms in total. The van der Waals surface area contributed by atoms with E-state index in [4.69, 9.17) is 4.74 Å². The van der Waals surface area contributed by atoms with Crippen molar-refractivity contribution in [1.82, 2.24) is 5.32 Å². The third-order valence-corrected chi connectivity index (χ3v) is 4.64. The van der Waals surface area contributed by atoms with Crippen LogP contribution in [0.15, 0.2) is 54.6 Å². The average Bonchev–Trinajstić information content (AvgIpc) is 2.63. The molecule has 5 heteroatoms. The number of carbonyl (C=O) groups is 2. The summed E-state index contributed by atoms with van der Waals surface area (Å²) in [6, 6.07) is 16.8. The van der Waals surface area contributed by atoms with Crippen molar-refractivity contribution in [2.24, 2.45) is 0 Å². The molecule has 0 aromatic heterocycles. The van der Waals surface area contributed by atoms with Crippen LogP contribution in [0.2, 0.25) is 0 Å². The maximum Gasteiger partial charge on any atom is 0.411 e. The average molecular weight is 352 g/mol. The van der Waals surface area contributed by atoms with Crippen LogP contribution in [-0.4, -0.2) is 24.1 Å². The monoisotopic (exact) mass is 352 g/mol. The van der Waals surface area contributed by atoms with E-state index in [0.29, 0.717) is 17.7 Å². The molecular weight excluding hydrogens is 328 g/mol. The zero-order valence-corrected chi connectivity index (χ0v) is 14.9. The van der Waals surface area contributed by atoms with Gasteiger partial charge in [0.1, 0.15) is 6.10 Å². The molecule has 1 saturated carbocycles. The topological polar surface area (TPSA) is 67.4 Å². The summed E-state index contributed by atoms with van der Waals surface area (Å²) in [5.74, 6) is -0.0671. The Morgan fingerprint density at radius 3 is 2.50 bits per heavy atom. The quantitative estimate of drug-likeness (QED) is 0.863. The van der Waals surface area contributed by atoms with Crippen molar-refractivity contribution in [3.05, 3.63) is 65.7 Å². The lowest BCUT2D eigenvalue weighted by atomic mass is 9.92. The van der Waals surface area contributed by atoms with Gasteiger partial charge in [-0.25, -0.2) is 4.79 Å². The van der Waals surface area contributed by atoms with Crippen LogP contribution < -0.4 is 10.6 Å². The number of anilines is 1. The van der Waals surface area contributed by atoms with Crippen molar-refractivity contribution in [2.45, 2.75) is 44.8 Å². The Kier molecular flexibility index (Phi) is 5.89. The number of ether oxygens (including phenoxy) is 1. The van der Waals surface area contributed by atoms with Gasteiger partial charge in [-0.1, -0.05) is 36.4 Å². The van der Waals surface area contributed by atoms with E-state index in [1.807, 2.05) is 61.5 Å². The Morgan fingerprint density at radius 2 is 1.73 bits per heavy atom. The lowest BCUT2D eigenvalue weighted by Crippen LogP contribution is -2.41. The molecule has 2 amide bonds. The fraction of sp³-hybridized carbons (Fsp3) is 0.333. The van der Waals surface area contributed by atoms with E-state index in [1.54, 1.807) is 0 Å². The molecule has 1 aliphatic carbocycles. The number of hydrogen-bond acceptors (Lipinski definition) is 3. The molecule has 0 unspecified atom stereocenters. The Balaban J connectivity index is 1.52. The number of amides is 2. The molecular formula is C21H24N2O3. The van der Waals surface area contributed by atoms with Gasteiger partial charge >= 0.3 is 6.09 Å². The van der Waals surface area contributed by atoms with Crippen LogP contribution in [0.3, 0.4) is 0 Å². The second-order valence-electron chi connectivity index (χ2n) is 6.67. The summed E-state index contributed by atoms with van der Waals surface area (Å²) < 4.78 is 5.54. The van der Waals surface area contributed by atoms with Gasteiger partial charge < -0.3 is 10.1 Å². The van der Waals surface area contributed by atoms with Gasteiger partial charge in [-0.3, -0.25) is 10.1 Å². The standard InChI is InChI=1S/C21H24N2O3/c1-15-8-5-6-13-19(15)20(24)22-17-11-7-12-18(14-17)26-21(25)23-16-9-3-2-4-10-16/h2-6,8-10,13,17-18H,7,11-12,14H2,1H3,(H,22,24)(H,23,25)/t17-,18-/m0/s1. The van der Waals surface area contributed by atoms with Crippen molar-refractivity contribution in [3.63, 3.8) is 0 Å². The Bertz CT molecular complexity index is 761. The number of aryl methyl sites for hydroxylation is 1. The molecule has 0 heterocycles. The predicted molar refractivity (Wildman–Crippen MR) is 101 cm³/mol. The fourth-order valence-corrected chi connectivity index (χ4v) is 3.29. The summed E-state index contributed by atoms with van der Waals surface area (Å²) in [5, 5.41) is 5.81. The minimum absolute atomic E-state index is 0.0189. The Labute approximate surface area is 153 Å². The minimum Gasteiger partial charge on any atom is -0.446 e. The van der Waals surface area contributed by atoms with Crippen LogP contribution in [-0.2, 0) is 4.74 Å².